The number of aromatic nitrogens is 1. The summed E-state index contributed by atoms with van der Waals surface area (Å²) < 4.78 is 5.39. The Hall–Kier alpha value is -1.29. The molecular weight excluding hydrogens is 166 g/mol. The molecule has 4 nitrogen and oxygen atoms in total. The first-order valence-corrected chi connectivity index (χ1v) is 4.27. The minimum atomic E-state index is 0.425. The van der Waals surface area contributed by atoms with Gasteiger partial charge < -0.3 is 16.2 Å². The van der Waals surface area contributed by atoms with Gasteiger partial charge in [0, 0.05) is 23.9 Å². The summed E-state index contributed by atoms with van der Waals surface area (Å²) >= 11 is 0. The van der Waals surface area contributed by atoms with Crippen molar-refractivity contribution < 1.29 is 4.74 Å². The topological polar surface area (TPSA) is 74.2 Å². The summed E-state index contributed by atoms with van der Waals surface area (Å²) in [7, 11) is 0. The predicted molar refractivity (Wildman–Crippen MR) is 52.4 cm³/mol. The highest BCUT2D eigenvalue weighted by Crippen LogP contribution is 2.22. The van der Waals surface area contributed by atoms with Gasteiger partial charge in [-0.2, -0.15) is 0 Å². The Labute approximate surface area is 77.9 Å². The Kier molecular flexibility index (Phi) is 3.08. The van der Waals surface area contributed by atoms with Crippen molar-refractivity contribution in [3.05, 3.63) is 17.3 Å². The average Bonchev–Trinajstić information content (AvgIpc) is 2.04. The molecule has 0 aliphatic heterocycles. The summed E-state index contributed by atoms with van der Waals surface area (Å²) in [4.78, 5) is 4.11. The number of ether oxygens (including phenoxy) is 1. The van der Waals surface area contributed by atoms with E-state index in [1.807, 2.05) is 13.8 Å². The lowest BCUT2D eigenvalue weighted by atomic mass is 10.2. The second-order valence-electron chi connectivity index (χ2n) is 2.75. The Morgan fingerprint density at radius 2 is 2.23 bits per heavy atom. The van der Waals surface area contributed by atoms with Crippen LogP contribution in [0.3, 0.4) is 0 Å². The molecule has 0 aromatic carbocycles. The third kappa shape index (κ3) is 2.09. The molecule has 0 bridgehead atoms. The van der Waals surface area contributed by atoms with Gasteiger partial charge in [0.15, 0.2) is 0 Å². The summed E-state index contributed by atoms with van der Waals surface area (Å²) in [5, 5.41) is 0. The molecule has 0 aliphatic rings. The molecule has 0 spiro atoms. The summed E-state index contributed by atoms with van der Waals surface area (Å²) in [6.07, 6.45) is 0. The lowest BCUT2D eigenvalue weighted by Gasteiger charge is -2.11. The van der Waals surface area contributed by atoms with E-state index in [1.165, 1.54) is 0 Å². The second-order valence-corrected chi connectivity index (χ2v) is 2.75. The van der Waals surface area contributed by atoms with Gasteiger partial charge in [-0.25, -0.2) is 4.98 Å². The van der Waals surface area contributed by atoms with E-state index in [4.69, 9.17) is 16.2 Å². The number of anilines is 1. The monoisotopic (exact) mass is 181 g/mol. The molecule has 0 amide bonds. The molecule has 0 saturated carbocycles. The van der Waals surface area contributed by atoms with Gasteiger partial charge in [0.1, 0.15) is 11.6 Å². The summed E-state index contributed by atoms with van der Waals surface area (Å²) in [5.41, 5.74) is 12.9. The molecule has 0 radical (unpaired) electrons. The second kappa shape index (κ2) is 4.09. The average molecular weight is 181 g/mol. The van der Waals surface area contributed by atoms with Gasteiger partial charge >= 0.3 is 0 Å². The molecule has 1 rings (SSSR count). The van der Waals surface area contributed by atoms with Crippen LogP contribution < -0.4 is 16.2 Å². The van der Waals surface area contributed by atoms with Crippen molar-refractivity contribution in [1.29, 1.82) is 0 Å². The molecule has 1 heterocycles. The molecule has 4 N–H and O–H groups in total. The normalized spacial score (nSPS) is 10.1. The van der Waals surface area contributed by atoms with Crippen LogP contribution in [0.5, 0.6) is 5.75 Å². The predicted octanol–water partition coefficient (Wildman–Crippen LogP) is 0.830. The number of nitrogens with two attached hydrogens (primary N) is 2. The van der Waals surface area contributed by atoms with Crippen LogP contribution in [-0.2, 0) is 6.54 Å². The first kappa shape index (κ1) is 9.80. The smallest absolute Gasteiger partial charge is 0.129 e. The Bertz CT molecular complexity index is 299. The van der Waals surface area contributed by atoms with Gasteiger partial charge in [-0.15, -0.1) is 0 Å². The quantitative estimate of drug-likeness (QED) is 0.724. The van der Waals surface area contributed by atoms with Gasteiger partial charge in [-0.1, -0.05) is 0 Å². The zero-order valence-corrected chi connectivity index (χ0v) is 8.00. The van der Waals surface area contributed by atoms with Crippen molar-refractivity contribution in [1.82, 2.24) is 4.98 Å². The van der Waals surface area contributed by atoms with E-state index in [0.717, 1.165) is 17.0 Å². The van der Waals surface area contributed by atoms with Gasteiger partial charge in [0.25, 0.3) is 0 Å². The molecule has 0 fully saturated rings. The highest BCUT2D eigenvalue weighted by Gasteiger charge is 2.07. The minimum Gasteiger partial charge on any atom is -0.493 e. The van der Waals surface area contributed by atoms with Crippen molar-refractivity contribution in [2.45, 2.75) is 20.4 Å². The van der Waals surface area contributed by atoms with Crippen molar-refractivity contribution >= 4 is 5.82 Å². The van der Waals surface area contributed by atoms with Gasteiger partial charge in [-0.3, -0.25) is 0 Å². The largest absolute Gasteiger partial charge is 0.493 e. The first-order chi connectivity index (χ1) is 6.19. The van der Waals surface area contributed by atoms with Gasteiger partial charge in [-0.05, 0) is 13.8 Å². The van der Waals surface area contributed by atoms with Crippen molar-refractivity contribution in [2.75, 3.05) is 12.3 Å². The number of hydrogen-bond acceptors (Lipinski definition) is 4. The van der Waals surface area contributed by atoms with E-state index < -0.39 is 0 Å². The maximum Gasteiger partial charge on any atom is 0.129 e. The van der Waals surface area contributed by atoms with Crippen LogP contribution in [0.4, 0.5) is 5.82 Å². The SMILES string of the molecule is CCOc1cc(N)nc(C)c1CN. The van der Waals surface area contributed by atoms with Crippen LogP contribution in [0, 0.1) is 6.92 Å². The Morgan fingerprint density at radius 3 is 2.77 bits per heavy atom. The standard InChI is InChI=1S/C9H15N3O/c1-3-13-8-4-9(11)12-6(2)7(8)5-10/h4H,3,5,10H2,1-2H3,(H2,11,12). The van der Waals surface area contributed by atoms with Crippen LogP contribution >= 0.6 is 0 Å². The van der Waals surface area contributed by atoms with E-state index in [2.05, 4.69) is 4.98 Å². The minimum absolute atomic E-state index is 0.425. The number of hydrogen-bond donors (Lipinski definition) is 2. The van der Waals surface area contributed by atoms with Crippen molar-refractivity contribution in [3.63, 3.8) is 0 Å². The fourth-order valence-corrected chi connectivity index (χ4v) is 1.23. The Morgan fingerprint density at radius 1 is 1.54 bits per heavy atom. The molecule has 1 aromatic heterocycles. The molecule has 13 heavy (non-hydrogen) atoms. The van der Waals surface area contributed by atoms with E-state index >= 15 is 0 Å². The fourth-order valence-electron chi connectivity index (χ4n) is 1.23. The van der Waals surface area contributed by atoms with Crippen LogP contribution in [-0.4, -0.2) is 11.6 Å². The molecule has 4 heteroatoms. The third-order valence-electron chi connectivity index (χ3n) is 1.81. The molecule has 0 saturated heterocycles. The highest BCUT2D eigenvalue weighted by atomic mass is 16.5. The number of nitrogen functional groups attached to an aromatic ring is 1. The van der Waals surface area contributed by atoms with Gasteiger partial charge in [0.2, 0.25) is 0 Å². The van der Waals surface area contributed by atoms with Crippen LogP contribution in [0.15, 0.2) is 6.07 Å². The highest BCUT2D eigenvalue weighted by molar-refractivity contribution is 5.45. The lowest BCUT2D eigenvalue weighted by Crippen LogP contribution is -2.07. The zero-order chi connectivity index (χ0) is 9.84. The van der Waals surface area contributed by atoms with E-state index in [0.29, 0.717) is 19.0 Å². The number of aryl methyl sites for hydroxylation is 1. The van der Waals surface area contributed by atoms with Crippen LogP contribution in [0.1, 0.15) is 18.2 Å². The van der Waals surface area contributed by atoms with Crippen LogP contribution in [0.2, 0.25) is 0 Å². The number of nitrogens with zero attached hydrogens (tertiary/aromatic N) is 1. The third-order valence-corrected chi connectivity index (χ3v) is 1.81. The fraction of sp³-hybridized carbons (Fsp3) is 0.444. The maximum absolute atomic E-state index is 5.58. The van der Waals surface area contributed by atoms with Gasteiger partial charge in [0.05, 0.1) is 6.61 Å². The van der Waals surface area contributed by atoms with E-state index in [9.17, 15) is 0 Å². The molecule has 0 atom stereocenters. The number of pyridine rings is 1. The molecule has 0 aliphatic carbocycles. The summed E-state index contributed by atoms with van der Waals surface area (Å²) in [6.45, 7) is 4.83. The van der Waals surface area contributed by atoms with E-state index in [1.54, 1.807) is 6.07 Å². The number of rotatable bonds is 3. The maximum atomic E-state index is 5.58. The summed E-state index contributed by atoms with van der Waals surface area (Å²) in [6, 6.07) is 1.71. The van der Waals surface area contributed by atoms with E-state index in [-0.39, 0.29) is 0 Å². The molecule has 1 aromatic rings. The van der Waals surface area contributed by atoms with Crippen molar-refractivity contribution in [2.24, 2.45) is 5.73 Å². The lowest BCUT2D eigenvalue weighted by molar-refractivity contribution is 0.336. The molecular formula is C9H15N3O. The summed E-state index contributed by atoms with van der Waals surface area (Å²) in [5.74, 6) is 1.22. The first-order valence-electron chi connectivity index (χ1n) is 4.27. The molecule has 72 valence electrons. The zero-order valence-electron chi connectivity index (χ0n) is 8.00. The van der Waals surface area contributed by atoms with Crippen LogP contribution in [0.25, 0.3) is 0 Å². The molecule has 0 unspecified atom stereocenters. The van der Waals surface area contributed by atoms with Crippen molar-refractivity contribution in [3.8, 4) is 5.75 Å². The Balaban J connectivity index is 3.13.